The van der Waals surface area contributed by atoms with Crippen molar-refractivity contribution in [1.29, 1.82) is 0 Å². The number of aromatic nitrogens is 4. The molecule has 0 atom stereocenters. The summed E-state index contributed by atoms with van der Waals surface area (Å²) in [6, 6.07) is 17.3. The number of methoxy groups -OCH3 is 1. The number of benzene rings is 1. The summed E-state index contributed by atoms with van der Waals surface area (Å²) in [6.45, 7) is 0.631. The predicted molar refractivity (Wildman–Crippen MR) is 108 cm³/mol. The second kappa shape index (κ2) is 8.74. The van der Waals surface area contributed by atoms with E-state index in [0.717, 1.165) is 22.1 Å². The zero-order valence-corrected chi connectivity index (χ0v) is 16.5. The maximum atomic E-state index is 11.6. The van der Waals surface area contributed by atoms with Gasteiger partial charge in [0.1, 0.15) is 5.76 Å². The number of hydrogen-bond donors (Lipinski definition) is 0. The van der Waals surface area contributed by atoms with Crippen LogP contribution in [0.25, 0.3) is 11.4 Å². The molecule has 7 nitrogen and oxygen atoms in total. The Labute approximate surface area is 171 Å². The molecular formula is C21H18N4O3S. The van der Waals surface area contributed by atoms with Crippen LogP contribution in [0.2, 0.25) is 0 Å². The third-order valence-corrected chi connectivity index (χ3v) is 5.20. The molecule has 0 bridgehead atoms. The summed E-state index contributed by atoms with van der Waals surface area (Å²) < 4.78 is 12.3. The van der Waals surface area contributed by atoms with Gasteiger partial charge in [0, 0.05) is 18.0 Å². The van der Waals surface area contributed by atoms with Gasteiger partial charge >= 0.3 is 5.97 Å². The first kappa shape index (κ1) is 18.9. The van der Waals surface area contributed by atoms with Crippen LogP contribution in [0.15, 0.2) is 76.6 Å². The third-order valence-electron chi connectivity index (χ3n) is 4.21. The number of furan rings is 1. The number of thioether (sulfide) groups is 1. The molecule has 4 aromatic rings. The van der Waals surface area contributed by atoms with E-state index in [9.17, 15) is 4.79 Å². The number of nitrogens with zero attached hydrogens (tertiary/aromatic N) is 4. The number of rotatable bonds is 7. The third kappa shape index (κ3) is 4.38. The van der Waals surface area contributed by atoms with E-state index in [0.29, 0.717) is 18.1 Å². The first-order valence-corrected chi connectivity index (χ1v) is 9.90. The second-order valence-electron chi connectivity index (χ2n) is 6.17. The molecule has 0 aliphatic rings. The van der Waals surface area contributed by atoms with E-state index in [-0.39, 0.29) is 5.76 Å². The Kier molecular flexibility index (Phi) is 5.71. The lowest BCUT2D eigenvalue weighted by molar-refractivity contribution is 0.0563. The highest BCUT2D eigenvalue weighted by molar-refractivity contribution is 7.98. The SMILES string of the molecule is COC(=O)c1ccc(CSc2nnc(-c3cccnc3)n2Cc2ccccc2)o1. The van der Waals surface area contributed by atoms with E-state index in [1.54, 1.807) is 24.5 Å². The molecule has 0 fully saturated rings. The number of esters is 1. The van der Waals surface area contributed by atoms with E-state index in [1.165, 1.54) is 18.9 Å². The van der Waals surface area contributed by atoms with Crippen molar-refractivity contribution in [3.63, 3.8) is 0 Å². The molecule has 0 aliphatic carbocycles. The average molecular weight is 406 g/mol. The molecule has 0 aliphatic heterocycles. The highest BCUT2D eigenvalue weighted by atomic mass is 32.2. The summed E-state index contributed by atoms with van der Waals surface area (Å²) in [7, 11) is 1.32. The highest BCUT2D eigenvalue weighted by Gasteiger charge is 2.17. The van der Waals surface area contributed by atoms with Gasteiger partial charge in [0.15, 0.2) is 11.0 Å². The molecular weight excluding hydrogens is 388 g/mol. The minimum atomic E-state index is -0.493. The van der Waals surface area contributed by atoms with E-state index in [1.807, 2.05) is 30.3 Å². The van der Waals surface area contributed by atoms with E-state index in [2.05, 4.69) is 36.6 Å². The fourth-order valence-corrected chi connectivity index (χ4v) is 3.65. The van der Waals surface area contributed by atoms with Crippen LogP contribution in [0.5, 0.6) is 0 Å². The Morgan fingerprint density at radius 1 is 1.10 bits per heavy atom. The van der Waals surface area contributed by atoms with Crippen molar-refractivity contribution in [2.45, 2.75) is 17.5 Å². The zero-order chi connectivity index (χ0) is 20.1. The van der Waals surface area contributed by atoms with Crippen LogP contribution in [0, 0.1) is 0 Å². The minimum absolute atomic E-state index is 0.185. The van der Waals surface area contributed by atoms with Crippen LogP contribution in [-0.2, 0) is 17.0 Å². The van der Waals surface area contributed by atoms with Crippen molar-refractivity contribution in [2.24, 2.45) is 0 Å². The molecule has 0 saturated heterocycles. The largest absolute Gasteiger partial charge is 0.463 e. The Morgan fingerprint density at radius 3 is 2.72 bits per heavy atom. The van der Waals surface area contributed by atoms with Crippen LogP contribution < -0.4 is 0 Å². The van der Waals surface area contributed by atoms with Crippen molar-refractivity contribution >= 4 is 17.7 Å². The lowest BCUT2D eigenvalue weighted by atomic mass is 10.2. The zero-order valence-electron chi connectivity index (χ0n) is 15.7. The van der Waals surface area contributed by atoms with Crippen LogP contribution in [0.1, 0.15) is 21.9 Å². The molecule has 3 heterocycles. The number of carbonyl (C=O) groups is 1. The van der Waals surface area contributed by atoms with Crippen LogP contribution in [-0.4, -0.2) is 32.8 Å². The molecule has 0 saturated carbocycles. The van der Waals surface area contributed by atoms with Gasteiger partial charge in [-0.2, -0.15) is 0 Å². The topological polar surface area (TPSA) is 83.0 Å². The summed E-state index contributed by atoms with van der Waals surface area (Å²) in [4.78, 5) is 15.8. The van der Waals surface area contributed by atoms with Gasteiger partial charge in [-0.15, -0.1) is 10.2 Å². The standard InChI is InChI=1S/C21H18N4O3S/c1-27-20(26)18-10-9-17(28-18)14-29-21-24-23-19(16-8-5-11-22-12-16)25(21)13-15-6-3-2-4-7-15/h2-12H,13-14H2,1H3. The fourth-order valence-electron chi connectivity index (χ4n) is 2.81. The molecule has 0 spiro atoms. The normalized spacial score (nSPS) is 10.8. The first-order valence-electron chi connectivity index (χ1n) is 8.92. The summed E-state index contributed by atoms with van der Waals surface area (Å²) in [5.74, 6) is 1.61. The number of hydrogen-bond acceptors (Lipinski definition) is 7. The van der Waals surface area contributed by atoms with Crippen molar-refractivity contribution in [2.75, 3.05) is 7.11 Å². The molecule has 8 heteroatoms. The number of ether oxygens (including phenoxy) is 1. The van der Waals surface area contributed by atoms with Gasteiger partial charge < -0.3 is 9.15 Å². The van der Waals surface area contributed by atoms with Crippen molar-refractivity contribution in [3.8, 4) is 11.4 Å². The second-order valence-corrected chi connectivity index (χ2v) is 7.11. The van der Waals surface area contributed by atoms with Gasteiger partial charge in [-0.25, -0.2) is 4.79 Å². The molecule has 3 aromatic heterocycles. The predicted octanol–water partition coefficient (Wildman–Crippen LogP) is 4.06. The van der Waals surface area contributed by atoms with E-state index < -0.39 is 5.97 Å². The van der Waals surface area contributed by atoms with Crippen LogP contribution in [0.4, 0.5) is 0 Å². The van der Waals surface area contributed by atoms with Crippen molar-refractivity contribution in [3.05, 3.63) is 84.1 Å². The number of pyridine rings is 1. The maximum absolute atomic E-state index is 11.6. The molecule has 0 radical (unpaired) electrons. The average Bonchev–Trinajstić information content (AvgIpc) is 3.40. The lowest BCUT2D eigenvalue weighted by Crippen LogP contribution is -2.04. The lowest BCUT2D eigenvalue weighted by Gasteiger charge is -2.10. The Morgan fingerprint density at radius 2 is 1.97 bits per heavy atom. The van der Waals surface area contributed by atoms with E-state index >= 15 is 0 Å². The molecule has 0 unspecified atom stereocenters. The molecule has 146 valence electrons. The Balaban J connectivity index is 1.60. The van der Waals surface area contributed by atoms with Gasteiger partial charge in [0.25, 0.3) is 0 Å². The monoisotopic (exact) mass is 406 g/mol. The minimum Gasteiger partial charge on any atom is -0.463 e. The summed E-state index contributed by atoms with van der Waals surface area (Å²) in [6.07, 6.45) is 3.50. The summed E-state index contributed by atoms with van der Waals surface area (Å²) in [5.41, 5.74) is 2.04. The Hall–Kier alpha value is -3.39. The Bertz CT molecular complexity index is 1090. The van der Waals surface area contributed by atoms with Gasteiger partial charge in [-0.3, -0.25) is 9.55 Å². The van der Waals surface area contributed by atoms with Crippen molar-refractivity contribution in [1.82, 2.24) is 19.7 Å². The molecule has 0 N–H and O–H groups in total. The quantitative estimate of drug-likeness (QED) is 0.338. The summed E-state index contributed by atoms with van der Waals surface area (Å²) in [5, 5.41) is 9.52. The van der Waals surface area contributed by atoms with Crippen molar-refractivity contribution < 1.29 is 13.9 Å². The van der Waals surface area contributed by atoms with Gasteiger partial charge in [-0.05, 0) is 29.8 Å². The van der Waals surface area contributed by atoms with Crippen LogP contribution >= 0.6 is 11.8 Å². The molecule has 1 aromatic carbocycles. The fraction of sp³-hybridized carbons (Fsp3) is 0.143. The molecule has 29 heavy (non-hydrogen) atoms. The van der Waals surface area contributed by atoms with Gasteiger partial charge in [0.05, 0.1) is 19.4 Å². The summed E-state index contributed by atoms with van der Waals surface area (Å²) >= 11 is 1.49. The maximum Gasteiger partial charge on any atom is 0.373 e. The van der Waals surface area contributed by atoms with Gasteiger partial charge in [0.2, 0.25) is 5.76 Å². The van der Waals surface area contributed by atoms with Gasteiger partial charge in [-0.1, -0.05) is 42.1 Å². The highest BCUT2D eigenvalue weighted by Crippen LogP contribution is 2.27. The van der Waals surface area contributed by atoms with E-state index in [4.69, 9.17) is 4.42 Å². The molecule has 0 amide bonds. The first-order chi connectivity index (χ1) is 14.2. The molecule has 4 rings (SSSR count). The smallest absolute Gasteiger partial charge is 0.373 e. The van der Waals surface area contributed by atoms with Crippen LogP contribution in [0.3, 0.4) is 0 Å². The number of carbonyl (C=O) groups excluding carboxylic acids is 1.